The summed E-state index contributed by atoms with van der Waals surface area (Å²) in [6, 6.07) is 10.4. The molecular formula is C19H22FNO4S2. The normalized spacial score (nSPS) is 22.0. The van der Waals surface area contributed by atoms with E-state index >= 15 is 0 Å². The van der Waals surface area contributed by atoms with E-state index in [1.165, 1.54) is 13.0 Å². The molecule has 0 aliphatic carbocycles. The number of halogens is 1. The van der Waals surface area contributed by atoms with Crippen LogP contribution in [0.4, 0.5) is 4.39 Å². The lowest BCUT2D eigenvalue weighted by Crippen LogP contribution is -2.43. The van der Waals surface area contributed by atoms with Gasteiger partial charge in [0.05, 0.1) is 21.7 Å². The molecule has 1 saturated heterocycles. The average Bonchev–Trinajstić information content (AvgIpc) is 2.89. The number of benzene rings is 2. The molecule has 27 heavy (non-hydrogen) atoms. The van der Waals surface area contributed by atoms with E-state index < -0.39 is 42.5 Å². The summed E-state index contributed by atoms with van der Waals surface area (Å²) in [4.78, 5) is -0.0202. The highest BCUT2D eigenvalue weighted by Crippen LogP contribution is 2.28. The summed E-state index contributed by atoms with van der Waals surface area (Å²) in [6.45, 7) is 3.84. The molecule has 0 aromatic heterocycles. The monoisotopic (exact) mass is 411 g/mol. The van der Waals surface area contributed by atoms with Crippen molar-refractivity contribution in [3.8, 4) is 0 Å². The van der Waals surface area contributed by atoms with Crippen molar-refractivity contribution < 1.29 is 21.2 Å². The maximum absolute atomic E-state index is 13.3. The Bertz CT molecular complexity index is 1050. The van der Waals surface area contributed by atoms with E-state index in [9.17, 15) is 21.2 Å². The van der Waals surface area contributed by atoms with Crippen LogP contribution in [0.2, 0.25) is 0 Å². The van der Waals surface area contributed by atoms with Crippen LogP contribution in [0, 0.1) is 19.7 Å². The van der Waals surface area contributed by atoms with E-state index in [4.69, 9.17) is 0 Å². The SMILES string of the molecule is Cc1ccc(CN[C@H]2CS(=O)(=O)C[C@@H]2S(=O)(=O)c2ccc(F)cc2C)cc1. The van der Waals surface area contributed by atoms with Crippen molar-refractivity contribution in [3.05, 3.63) is 65.0 Å². The number of rotatable bonds is 5. The molecule has 8 heteroatoms. The molecule has 1 fully saturated rings. The van der Waals surface area contributed by atoms with Crippen LogP contribution in [-0.2, 0) is 26.2 Å². The second-order valence-corrected chi connectivity index (χ2v) is 11.3. The molecule has 0 saturated carbocycles. The van der Waals surface area contributed by atoms with Crippen molar-refractivity contribution >= 4 is 19.7 Å². The standard InChI is InChI=1S/C19H22FNO4S2/c1-13-3-5-15(6-4-13)10-21-17-11-26(22,23)12-19(17)27(24,25)18-8-7-16(20)9-14(18)2/h3-9,17,19,21H,10-12H2,1-2H3/t17-,19-/m0/s1. The Morgan fingerprint density at radius 1 is 1.07 bits per heavy atom. The Labute approximate surface area is 159 Å². The molecule has 146 valence electrons. The van der Waals surface area contributed by atoms with Crippen molar-refractivity contribution in [2.24, 2.45) is 0 Å². The molecule has 5 nitrogen and oxygen atoms in total. The van der Waals surface area contributed by atoms with Gasteiger partial charge in [-0.3, -0.25) is 0 Å². The minimum Gasteiger partial charge on any atom is -0.308 e. The first-order chi connectivity index (χ1) is 12.6. The predicted molar refractivity (Wildman–Crippen MR) is 103 cm³/mol. The van der Waals surface area contributed by atoms with Crippen LogP contribution in [0.3, 0.4) is 0 Å². The van der Waals surface area contributed by atoms with Gasteiger partial charge >= 0.3 is 0 Å². The van der Waals surface area contributed by atoms with Gasteiger partial charge in [-0.2, -0.15) is 0 Å². The summed E-state index contributed by atoms with van der Waals surface area (Å²) < 4.78 is 63.9. The molecule has 3 rings (SSSR count). The summed E-state index contributed by atoms with van der Waals surface area (Å²) in [7, 11) is -7.41. The quantitative estimate of drug-likeness (QED) is 0.763. The lowest BCUT2D eigenvalue weighted by molar-refractivity contribution is 0.525. The van der Waals surface area contributed by atoms with Crippen molar-refractivity contribution in [2.75, 3.05) is 11.5 Å². The molecule has 2 aromatic carbocycles. The fourth-order valence-electron chi connectivity index (χ4n) is 3.36. The summed E-state index contributed by atoms with van der Waals surface area (Å²) >= 11 is 0. The first-order valence-electron chi connectivity index (χ1n) is 8.58. The molecule has 0 bridgehead atoms. The van der Waals surface area contributed by atoms with Crippen LogP contribution >= 0.6 is 0 Å². The smallest absolute Gasteiger partial charge is 0.184 e. The molecule has 0 unspecified atom stereocenters. The van der Waals surface area contributed by atoms with Crippen LogP contribution in [0.1, 0.15) is 16.7 Å². The molecule has 1 heterocycles. The van der Waals surface area contributed by atoms with E-state index in [-0.39, 0.29) is 16.2 Å². The van der Waals surface area contributed by atoms with Gasteiger partial charge in [-0.1, -0.05) is 29.8 Å². The highest BCUT2D eigenvalue weighted by Gasteiger charge is 2.46. The third kappa shape index (κ3) is 4.39. The lowest BCUT2D eigenvalue weighted by Gasteiger charge is -2.21. The van der Waals surface area contributed by atoms with Gasteiger partial charge in [0.25, 0.3) is 0 Å². The van der Waals surface area contributed by atoms with E-state index in [0.717, 1.165) is 23.3 Å². The third-order valence-electron chi connectivity index (χ3n) is 4.83. The number of sulfone groups is 2. The van der Waals surface area contributed by atoms with Crippen molar-refractivity contribution in [1.82, 2.24) is 5.32 Å². The molecule has 0 radical (unpaired) electrons. The largest absolute Gasteiger partial charge is 0.308 e. The molecule has 2 aromatic rings. The van der Waals surface area contributed by atoms with Gasteiger partial charge in [0.15, 0.2) is 19.7 Å². The zero-order chi connectivity index (χ0) is 19.8. The van der Waals surface area contributed by atoms with Crippen LogP contribution in [0.15, 0.2) is 47.4 Å². The summed E-state index contributed by atoms with van der Waals surface area (Å²) in [5, 5.41) is 2.00. The fourth-order valence-corrected chi connectivity index (χ4v) is 8.30. The number of hydrogen-bond acceptors (Lipinski definition) is 5. The molecule has 0 spiro atoms. The van der Waals surface area contributed by atoms with Crippen molar-refractivity contribution in [1.29, 1.82) is 0 Å². The van der Waals surface area contributed by atoms with Gasteiger partial charge in [-0.25, -0.2) is 21.2 Å². The molecule has 0 amide bonds. The van der Waals surface area contributed by atoms with Crippen molar-refractivity contribution in [3.63, 3.8) is 0 Å². The Hall–Kier alpha value is -1.77. The molecule has 1 aliphatic rings. The first kappa shape index (κ1) is 20.0. The van der Waals surface area contributed by atoms with Gasteiger partial charge in [-0.05, 0) is 43.2 Å². The van der Waals surface area contributed by atoms with E-state index in [1.807, 2.05) is 31.2 Å². The van der Waals surface area contributed by atoms with Crippen molar-refractivity contribution in [2.45, 2.75) is 36.6 Å². The topological polar surface area (TPSA) is 80.3 Å². The van der Waals surface area contributed by atoms with Gasteiger partial charge < -0.3 is 5.32 Å². The molecule has 2 atom stereocenters. The molecule has 1 N–H and O–H groups in total. The Morgan fingerprint density at radius 3 is 2.37 bits per heavy atom. The highest BCUT2D eigenvalue weighted by molar-refractivity contribution is 7.96. The van der Waals surface area contributed by atoms with Gasteiger partial charge in [0.1, 0.15) is 5.82 Å². The van der Waals surface area contributed by atoms with Crippen LogP contribution in [0.25, 0.3) is 0 Å². The number of nitrogens with one attached hydrogen (secondary N) is 1. The first-order valence-corrected chi connectivity index (χ1v) is 11.9. The Balaban J connectivity index is 1.87. The molecular weight excluding hydrogens is 389 g/mol. The average molecular weight is 412 g/mol. The van der Waals surface area contributed by atoms with E-state index in [1.54, 1.807) is 0 Å². The Kier molecular flexibility index (Phi) is 5.42. The summed E-state index contributed by atoms with van der Waals surface area (Å²) in [5.74, 6) is -1.19. The number of aryl methyl sites for hydroxylation is 2. The van der Waals surface area contributed by atoms with Gasteiger partial charge in [0.2, 0.25) is 0 Å². The van der Waals surface area contributed by atoms with E-state index in [0.29, 0.717) is 6.54 Å². The fraction of sp³-hybridized carbons (Fsp3) is 0.368. The van der Waals surface area contributed by atoms with Crippen LogP contribution < -0.4 is 5.32 Å². The highest BCUT2D eigenvalue weighted by atomic mass is 32.2. The zero-order valence-corrected chi connectivity index (χ0v) is 16.8. The third-order valence-corrected chi connectivity index (χ3v) is 9.14. The Morgan fingerprint density at radius 2 is 1.74 bits per heavy atom. The lowest BCUT2D eigenvalue weighted by atomic mass is 10.1. The van der Waals surface area contributed by atoms with Crippen LogP contribution in [-0.4, -0.2) is 39.6 Å². The summed E-state index contributed by atoms with van der Waals surface area (Å²) in [6.07, 6.45) is 0. The second-order valence-electron chi connectivity index (χ2n) is 7.04. The maximum atomic E-state index is 13.3. The second kappa shape index (κ2) is 7.33. The predicted octanol–water partition coefficient (Wildman–Crippen LogP) is 2.17. The number of hydrogen-bond donors (Lipinski definition) is 1. The van der Waals surface area contributed by atoms with Gasteiger partial charge in [0, 0.05) is 12.6 Å². The minimum atomic E-state index is -3.93. The maximum Gasteiger partial charge on any atom is 0.184 e. The van der Waals surface area contributed by atoms with Crippen LogP contribution in [0.5, 0.6) is 0 Å². The molecule has 1 aliphatic heterocycles. The van der Waals surface area contributed by atoms with Gasteiger partial charge in [-0.15, -0.1) is 0 Å². The zero-order valence-electron chi connectivity index (χ0n) is 15.1. The van der Waals surface area contributed by atoms with E-state index in [2.05, 4.69) is 5.32 Å². The minimum absolute atomic E-state index is 0.0202. The summed E-state index contributed by atoms with van der Waals surface area (Å²) in [5.41, 5.74) is 2.32.